The van der Waals surface area contributed by atoms with E-state index in [4.69, 9.17) is 41.5 Å². The van der Waals surface area contributed by atoms with E-state index in [-0.39, 0.29) is 0 Å². The van der Waals surface area contributed by atoms with Gasteiger partial charge in [-0.3, -0.25) is 0 Å². The summed E-state index contributed by atoms with van der Waals surface area (Å²) in [6.07, 6.45) is 0. The summed E-state index contributed by atoms with van der Waals surface area (Å²) >= 11 is 6.50. The molecule has 61 heavy (non-hydrogen) atoms. The van der Waals surface area contributed by atoms with E-state index < -0.39 is 0 Å². The fourth-order valence-electron chi connectivity index (χ4n) is 7.51. The Balaban J connectivity index is 1.22. The Morgan fingerprint density at radius 3 is 0.984 bits per heavy atom. The Hall–Kier alpha value is -7.93. The second-order valence-electron chi connectivity index (χ2n) is 14.5. The topological polar surface area (TPSA) is 77.3 Å². The van der Waals surface area contributed by atoms with Crippen LogP contribution in [0.3, 0.4) is 0 Å². The van der Waals surface area contributed by atoms with Gasteiger partial charge in [0.1, 0.15) is 0 Å². The van der Waals surface area contributed by atoms with Crippen LogP contribution in [0.5, 0.6) is 0 Å². The Kier molecular flexibility index (Phi) is 10.2. The molecule has 0 radical (unpaired) electrons. The molecule has 0 N–H and O–H groups in total. The number of aromatic nitrogens is 6. The molecule has 0 atom stereocenters. The Bertz CT molecular complexity index is 3080. The zero-order valence-corrected chi connectivity index (χ0v) is 33.5. The molecule has 2 aromatic heterocycles. The van der Waals surface area contributed by atoms with Crippen molar-refractivity contribution in [1.82, 2.24) is 29.9 Å². The first-order valence-corrected chi connectivity index (χ1v) is 20.4. The van der Waals surface area contributed by atoms with Crippen LogP contribution in [0.15, 0.2) is 212 Å². The van der Waals surface area contributed by atoms with E-state index in [1.807, 2.05) is 133 Å². The average molecular weight is 803 g/mol. The van der Waals surface area contributed by atoms with Gasteiger partial charge < -0.3 is 0 Å². The molecule has 0 aliphatic carbocycles. The van der Waals surface area contributed by atoms with Crippen molar-refractivity contribution < 1.29 is 0 Å². The van der Waals surface area contributed by atoms with Gasteiger partial charge >= 0.3 is 0 Å². The van der Waals surface area contributed by atoms with Crippen LogP contribution in [-0.4, -0.2) is 29.9 Å². The van der Waals surface area contributed by atoms with Crippen LogP contribution in [0.2, 0.25) is 5.02 Å². The molecule has 6 nitrogen and oxygen atoms in total. The molecule has 288 valence electrons. The van der Waals surface area contributed by atoms with E-state index in [0.717, 1.165) is 66.8 Å². The molecule has 0 unspecified atom stereocenters. The van der Waals surface area contributed by atoms with Gasteiger partial charge in [-0.15, -0.1) is 0 Å². The molecular formula is C54H35ClN6. The summed E-state index contributed by atoms with van der Waals surface area (Å²) < 4.78 is 0. The number of halogens is 1. The normalized spacial score (nSPS) is 11.0. The molecule has 0 aliphatic rings. The maximum absolute atomic E-state index is 6.50. The van der Waals surface area contributed by atoms with Crippen LogP contribution in [0.1, 0.15) is 0 Å². The number of hydrogen-bond donors (Lipinski definition) is 0. The van der Waals surface area contributed by atoms with E-state index in [1.165, 1.54) is 0 Å². The van der Waals surface area contributed by atoms with Gasteiger partial charge in [0, 0.05) is 38.4 Å². The van der Waals surface area contributed by atoms with Gasteiger partial charge in [-0.1, -0.05) is 194 Å². The molecular weight excluding hydrogens is 768 g/mol. The number of rotatable bonds is 9. The van der Waals surface area contributed by atoms with E-state index in [1.54, 1.807) is 0 Å². The third-order valence-electron chi connectivity index (χ3n) is 10.4. The number of benzene rings is 8. The molecule has 7 heteroatoms. The lowest BCUT2D eigenvalue weighted by Gasteiger charge is -2.16. The fraction of sp³-hybridized carbons (Fsp3) is 0. The summed E-state index contributed by atoms with van der Waals surface area (Å²) in [6.45, 7) is 0. The molecule has 0 amide bonds. The summed E-state index contributed by atoms with van der Waals surface area (Å²) in [5.41, 5.74) is 11.4. The second kappa shape index (κ2) is 16.7. The van der Waals surface area contributed by atoms with Crippen molar-refractivity contribution in [3.8, 4) is 102 Å². The predicted molar refractivity (Wildman–Crippen MR) is 247 cm³/mol. The minimum atomic E-state index is 0.527. The first-order chi connectivity index (χ1) is 30.1. The second-order valence-corrected chi connectivity index (χ2v) is 14.9. The molecule has 0 aliphatic heterocycles. The first-order valence-electron chi connectivity index (χ1n) is 20.0. The van der Waals surface area contributed by atoms with Crippen molar-refractivity contribution in [3.05, 3.63) is 217 Å². The third kappa shape index (κ3) is 7.96. The fourth-order valence-corrected chi connectivity index (χ4v) is 7.70. The molecule has 0 saturated carbocycles. The number of nitrogens with zero attached hydrogens (tertiary/aromatic N) is 6. The minimum absolute atomic E-state index is 0.527. The van der Waals surface area contributed by atoms with Crippen molar-refractivity contribution >= 4 is 11.6 Å². The Morgan fingerprint density at radius 1 is 0.213 bits per heavy atom. The highest BCUT2D eigenvalue weighted by molar-refractivity contribution is 6.30. The van der Waals surface area contributed by atoms with E-state index >= 15 is 0 Å². The standard InChI is InChI=1S/C54H35ClN6/c55-44-27-17-26-40(35-44)52-57-51(39-24-11-4-12-25-39)60-54(61-52)48-31-16-15-30-47(48)42-32-41(46-29-14-13-28-45(46)36-18-5-1-6-19-36)33-43(34-42)53-58-49(37-20-7-2-8-21-37)56-50(59-53)38-22-9-3-10-23-38/h1-35H. The lowest BCUT2D eigenvalue weighted by atomic mass is 9.90. The van der Waals surface area contributed by atoms with Crippen LogP contribution in [0, 0.1) is 0 Å². The summed E-state index contributed by atoms with van der Waals surface area (Å²) in [4.78, 5) is 30.5. The molecule has 10 rings (SSSR count). The first kappa shape index (κ1) is 37.3. The van der Waals surface area contributed by atoms with Gasteiger partial charge in [0.15, 0.2) is 34.9 Å². The molecule has 0 spiro atoms. The van der Waals surface area contributed by atoms with Crippen molar-refractivity contribution in [2.75, 3.05) is 0 Å². The van der Waals surface area contributed by atoms with Gasteiger partial charge in [-0.25, -0.2) is 29.9 Å². The van der Waals surface area contributed by atoms with Crippen LogP contribution in [0.4, 0.5) is 0 Å². The minimum Gasteiger partial charge on any atom is -0.208 e. The van der Waals surface area contributed by atoms with Crippen molar-refractivity contribution in [1.29, 1.82) is 0 Å². The highest BCUT2D eigenvalue weighted by Gasteiger charge is 2.20. The lowest BCUT2D eigenvalue weighted by molar-refractivity contribution is 1.07. The van der Waals surface area contributed by atoms with Crippen LogP contribution >= 0.6 is 11.6 Å². The van der Waals surface area contributed by atoms with Crippen LogP contribution < -0.4 is 0 Å². The summed E-state index contributed by atoms with van der Waals surface area (Å²) in [6, 6.07) is 71.5. The predicted octanol–water partition coefficient (Wildman–Crippen LogP) is 13.7. The van der Waals surface area contributed by atoms with Gasteiger partial charge in [0.25, 0.3) is 0 Å². The molecule has 0 saturated heterocycles. The van der Waals surface area contributed by atoms with E-state index in [2.05, 4.69) is 78.9 Å². The van der Waals surface area contributed by atoms with Crippen molar-refractivity contribution in [3.63, 3.8) is 0 Å². The zero-order chi connectivity index (χ0) is 41.0. The van der Waals surface area contributed by atoms with E-state index in [9.17, 15) is 0 Å². The molecule has 10 aromatic rings. The highest BCUT2D eigenvalue weighted by Crippen LogP contribution is 2.40. The monoisotopic (exact) mass is 802 g/mol. The van der Waals surface area contributed by atoms with E-state index in [0.29, 0.717) is 40.0 Å². The third-order valence-corrected chi connectivity index (χ3v) is 10.7. The molecule has 8 aromatic carbocycles. The molecule has 0 fully saturated rings. The summed E-state index contributed by atoms with van der Waals surface area (Å²) in [7, 11) is 0. The van der Waals surface area contributed by atoms with Gasteiger partial charge in [-0.05, 0) is 63.7 Å². The SMILES string of the molecule is Clc1cccc(-c2nc(-c3ccccc3)nc(-c3ccccc3-c3cc(-c4nc(-c5ccccc5)nc(-c5ccccc5)n4)cc(-c4ccccc4-c4ccccc4)c3)n2)c1. The summed E-state index contributed by atoms with van der Waals surface area (Å²) in [5, 5.41) is 0.602. The van der Waals surface area contributed by atoms with Gasteiger partial charge in [0.05, 0.1) is 0 Å². The maximum atomic E-state index is 6.50. The maximum Gasteiger partial charge on any atom is 0.164 e. The Morgan fingerprint density at radius 2 is 0.525 bits per heavy atom. The van der Waals surface area contributed by atoms with Crippen LogP contribution in [0.25, 0.3) is 102 Å². The Labute approximate surface area is 359 Å². The summed E-state index contributed by atoms with van der Waals surface area (Å²) in [5.74, 6) is 3.37. The zero-order valence-electron chi connectivity index (χ0n) is 32.8. The van der Waals surface area contributed by atoms with Crippen molar-refractivity contribution in [2.24, 2.45) is 0 Å². The number of hydrogen-bond acceptors (Lipinski definition) is 6. The molecule has 0 bridgehead atoms. The quantitative estimate of drug-likeness (QED) is 0.145. The lowest BCUT2D eigenvalue weighted by Crippen LogP contribution is -2.02. The van der Waals surface area contributed by atoms with Gasteiger partial charge in [-0.2, -0.15) is 0 Å². The average Bonchev–Trinajstić information content (AvgIpc) is 3.34. The van der Waals surface area contributed by atoms with Crippen molar-refractivity contribution in [2.45, 2.75) is 0 Å². The smallest absolute Gasteiger partial charge is 0.164 e. The largest absolute Gasteiger partial charge is 0.208 e. The molecule has 2 heterocycles. The van der Waals surface area contributed by atoms with Gasteiger partial charge in [0.2, 0.25) is 0 Å². The highest BCUT2D eigenvalue weighted by atomic mass is 35.5. The van der Waals surface area contributed by atoms with Crippen LogP contribution in [-0.2, 0) is 0 Å².